The number of likely N-dealkylation sites (N-methyl/N-ethyl adjacent to an activating group) is 1. The second kappa shape index (κ2) is 9.59. The summed E-state index contributed by atoms with van der Waals surface area (Å²) in [7, 11) is 1.74. The van der Waals surface area contributed by atoms with Gasteiger partial charge in [0.05, 0.1) is 39.9 Å². The Labute approximate surface area is 230 Å². The Balaban J connectivity index is 1.53. The molecule has 2 fully saturated rings. The summed E-state index contributed by atoms with van der Waals surface area (Å²) in [5.41, 5.74) is 1.29. The third-order valence-electron chi connectivity index (χ3n) is 8.13. The van der Waals surface area contributed by atoms with Crippen LogP contribution in [0, 0.1) is 11.8 Å². The number of anilines is 1. The van der Waals surface area contributed by atoms with E-state index in [-0.39, 0.29) is 36.1 Å². The van der Waals surface area contributed by atoms with Crippen LogP contribution in [0.3, 0.4) is 0 Å². The zero-order valence-corrected chi connectivity index (χ0v) is 22.4. The summed E-state index contributed by atoms with van der Waals surface area (Å²) < 4.78 is -0.972. The second-order valence-electron chi connectivity index (χ2n) is 10.1. The smallest absolute Gasteiger partial charge is 0.251 e. The van der Waals surface area contributed by atoms with E-state index in [1.165, 1.54) is 11.8 Å². The number of likely N-dealkylation sites (tertiary alicyclic amines) is 1. The molecule has 6 rings (SSSR count). The molecule has 1 unspecified atom stereocenters. The Morgan fingerprint density at radius 2 is 1.74 bits per heavy atom. The normalized spacial score (nSPS) is 31.1. The minimum Gasteiger partial charge on any atom is -0.394 e. The van der Waals surface area contributed by atoms with Crippen molar-refractivity contribution in [3.63, 3.8) is 0 Å². The summed E-state index contributed by atoms with van der Waals surface area (Å²) >= 11 is 8.05. The molecule has 0 radical (unpaired) electrons. The molecule has 4 heterocycles. The van der Waals surface area contributed by atoms with E-state index in [0.717, 1.165) is 5.56 Å². The minimum atomic E-state index is -0.972. The fourth-order valence-corrected chi connectivity index (χ4v) is 8.69. The molecule has 9 heteroatoms. The molecule has 0 saturated carbocycles. The van der Waals surface area contributed by atoms with Crippen molar-refractivity contribution < 1.29 is 19.5 Å². The lowest BCUT2D eigenvalue weighted by molar-refractivity contribution is -0.144. The second-order valence-corrected chi connectivity index (χ2v) is 12.0. The summed E-state index contributed by atoms with van der Waals surface area (Å²) in [5, 5.41) is 10.8. The Morgan fingerprint density at radius 1 is 1.00 bits per heavy atom. The molecule has 4 aliphatic rings. The number of hydrogen-bond donors (Lipinski definition) is 1. The maximum Gasteiger partial charge on any atom is 0.251 e. The Morgan fingerprint density at radius 3 is 2.47 bits per heavy atom. The molecule has 2 aromatic rings. The molecule has 7 nitrogen and oxygen atoms in total. The lowest BCUT2D eigenvalue weighted by Gasteiger charge is -2.38. The van der Waals surface area contributed by atoms with E-state index >= 15 is 0 Å². The number of amides is 3. The first-order chi connectivity index (χ1) is 18.4. The summed E-state index contributed by atoms with van der Waals surface area (Å²) in [4.78, 5) is 47.5. The van der Waals surface area contributed by atoms with Gasteiger partial charge in [0.25, 0.3) is 5.91 Å². The highest BCUT2D eigenvalue weighted by Crippen LogP contribution is 2.62. The molecule has 1 spiro atoms. The van der Waals surface area contributed by atoms with Gasteiger partial charge < -0.3 is 19.8 Å². The van der Waals surface area contributed by atoms with Crippen molar-refractivity contribution in [1.29, 1.82) is 0 Å². The van der Waals surface area contributed by atoms with Crippen LogP contribution in [-0.4, -0.2) is 75.4 Å². The van der Waals surface area contributed by atoms with Crippen LogP contribution in [0.2, 0.25) is 5.02 Å². The van der Waals surface area contributed by atoms with Crippen LogP contribution < -0.4 is 4.90 Å². The van der Waals surface area contributed by atoms with Crippen LogP contribution in [0.1, 0.15) is 11.6 Å². The Bertz CT molecular complexity index is 1350. The van der Waals surface area contributed by atoms with Gasteiger partial charge >= 0.3 is 0 Å². The molecule has 0 aliphatic carbocycles. The average Bonchev–Trinajstić information content (AvgIpc) is 3.25. The van der Waals surface area contributed by atoms with Gasteiger partial charge in [-0.2, -0.15) is 0 Å². The van der Waals surface area contributed by atoms with Crippen molar-refractivity contribution in [3.05, 3.63) is 89.5 Å². The van der Waals surface area contributed by atoms with Gasteiger partial charge in [-0.15, -0.1) is 11.8 Å². The largest absolute Gasteiger partial charge is 0.394 e. The van der Waals surface area contributed by atoms with E-state index < -0.39 is 28.7 Å². The predicted molar refractivity (Wildman–Crippen MR) is 148 cm³/mol. The van der Waals surface area contributed by atoms with Crippen LogP contribution in [0.4, 0.5) is 5.69 Å². The predicted octanol–water partition coefficient (Wildman–Crippen LogP) is 3.30. The minimum absolute atomic E-state index is 0.100. The van der Waals surface area contributed by atoms with E-state index in [1.54, 1.807) is 39.9 Å². The summed E-state index contributed by atoms with van der Waals surface area (Å²) in [5.74, 6) is -2.01. The van der Waals surface area contributed by atoms with E-state index in [4.69, 9.17) is 11.6 Å². The van der Waals surface area contributed by atoms with E-state index in [1.807, 2.05) is 60.7 Å². The maximum atomic E-state index is 14.6. The van der Waals surface area contributed by atoms with Crippen molar-refractivity contribution in [2.24, 2.45) is 11.8 Å². The molecule has 196 valence electrons. The summed E-state index contributed by atoms with van der Waals surface area (Å²) in [6.07, 6.45) is 7.85. The van der Waals surface area contributed by atoms with Crippen LogP contribution in [0.5, 0.6) is 0 Å². The number of carbonyl (C=O) groups excluding carboxylic acids is 3. The molecule has 0 aromatic heterocycles. The highest BCUT2D eigenvalue weighted by atomic mass is 35.5. The number of halogens is 1. The van der Waals surface area contributed by atoms with E-state index in [9.17, 15) is 19.5 Å². The molecule has 6 atom stereocenters. The van der Waals surface area contributed by atoms with Gasteiger partial charge in [-0.3, -0.25) is 14.4 Å². The van der Waals surface area contributed by atoms with Gasteiger partial charge in [0.1, 0.15) is 6.04 Å². The number of fused-ring (bicyclic) bond motifs is 2. The highest BCUT2D eigenvalue weighted by molar-refractivity contribution is 8.02. The number of benzene rings is 2. The van der Waals surface area contributed by atoms with Gasteiger partial charge in [0.2, 0.25) is 11.8 Å². The van der Waals surface area contributed by atoms with Crippen molar-refractivity contribution in [1.82, 2.24) is 9.80 Å². The van der Waals surface area contributed by atoms with Crippen molar-refractivity contribution >= 4 is 46.8 Å². The monoisotopic (exact) mass is 549 g/mol. The molecule has 38 heavy (non-hydrogen) atoms. The lowest BCUT2D eigenvalue weighted by Crippen LogP contribution is -2.54. The topological polar surface area (TPSA) is 81.2 Å². The van der Waals surface area contributed by atoms with Crippen LogP contribution in [0.25, 0.3) is 0 Å². The van der Waals surface area contributed by atoms with Crippen LogP contribution in [-0.2, 0) is 14.4 Å². The number of carbonyl (C=O) groups is 3. The molecule has 0 bridgehead atoms. The van der Waals surface area contributed by atoms with Gasteiger partial charge in [0.15, 0.2) is 0 Å². The van der Waals surface area contributed by atoms with Gasteiger partial charge in [-0.25, -0.2) is 0 Å². The molecule has 3 amide bonds. The number of aliphatic hydroxyl groups excluding tert-OH is 1. The molecule has 4 aliphatic heterocycles. The quantitative estimate of drug-likeness (QED) is 0.592. The number of nitrogens with zero attached hydrogens (tertiary/aromatic N) is 3. The molecule has 1 N–H and O–H groups in total. The Hall–Kier alpha value is -3.07. The SMILES string of the molecule is CN1CC=C[C@H]2S[C@]34C=CCN(c5ccccc5Cl)C(=O)C3N([C@H](CO)c3ccccc3)C(=O)[C@@H]4[C@H]2C1=O. The van der Waals surface area contributed by atoms with Crippen molar-refractivity contribution in [2.45, 2.75) is 22.1 Å². The molecule has 2 aromatic carbocycles. The third-order valence-corrected chi connectivity index (χ3v) is 10.2. The van der Waals surface area contributed by atoms with Crippen LogP contribution >= 0.6 is 23.4 Å². The van der Waals surface area contributed by atoms with E-state index in [0.29, 0.717) is 17.3 Å². The number of aliphatic hydroxyl groups is 1. The Kier molecular flexibility index (Phi) is 6.37. The first-order valence-corrected chi connectivity index (χ1v) is 14.0. The molecular weight excluding hydrogens is 522 g/mol. The fourth-order valence-electron chi connectivity index (χ4n) is 6.45. The molecule has 2 saturated heterocycles. The standard InChI is InChI=1S/C29H28ClN3O4S/c1-31-15-7-13-22-23(26(31)35)24-27(36)33(21(17-34)18-9-3-2-4-10-18)25-28(37)32(16-8-14-29(24,25)38-22)20-12-6-5-11-19(20)30/h2-14,21-25,34H,15-17H2,1H3/t21-,22-,23+,24+,25?,29+/m1/s1. The van der Waals surface area contributed by atoms with Gasteiger partial charge in [-0.05, 0) is 17.7 Å². The first-order valence-electron chi connectivity index (χ1n) is 12.7. The van der Waals surface area contributed by atoms with Crippen LogP contribution in [0.15, 0.2) is 78.9 Å². The number of hydrogen-bond acceptors (Lipinski definition) is 5. The average molecular weight is 550 g/mol. The lowest BCUT2D eigenvalue weighted by atomic mass is 9.78. The zero-order valence-electron chi connectivity index (χ0n) is 20.8. The van der Waals surface area contributed by atoms with E-state index in [2.05, 4.69) is 0 Å². The van der Waals surface area contributed by atoms with Gasteiger partial charge in [-0.1, -0.05) is 78.4 Å². The van der Waals surface area contributed by atoms with Crippen molar-refractivity contribution in [2.75, 3.05) is 31.6 Å². The first kappa shape index (κ1) is 25.2. The van der Waals surface area contributed by atoms with Gasteiger partial charge in [0, 0.05) is 25.4 Å². The highest BCUT2D eigenvalue weighted by Gasteiger charge is 2.71. The number of rotatable bonds is 4. The molecular formula is C29H28ClN3O4S. The van der Waals surface area contributed by atoms with Crippen molar-refractivity contribution in [3.8, 4) is 0 Å². The summed E-state index contributed by atoms with van der Waals surface area (Å²) in [6, 6.07) is 14.7. The maximum absolute atomic E-state index is 14.6. The summed E-state index contributed by atoms with van der Waals surface area (Å²) in [6.45, 7) is 0.403. The third kappa shape index (κ3) is 3.65. The fraction of sp³-hybridized carbons (Fsp3) is 0.345. The zero-order chi connectivity index (χ0) is 26.6. The number of para-hydroxylation sites is 1. The number of thioether (sulfide) groups is 1.